The summed E-state index contributed by atoms with van der Waals surface area (Å²) < 4.78 is 5.30. The minimum atomic E-state index is 0.104. The number of hydrogen-bond donors (Lipinski definition) is 1. The molecule has 1 aromatic heterocycles. The van der Waals surface area contributed by atoms with Gasteiger partial charge in [0.2, 0.25) is 0 Å². The normalized spacial score (nSPS) is 20.2. The zero-order chi connectivity index (χ0) is 7.90. The minimum Gasteiger partial charge on any atom is -0.448 e. The van der Waals surface area contributed by atoms with Gasteiger partial charge in [-0.1, -0.05) is 0 Å². The van der Waals surface area contributed by atoms with Crippen molar-refractivity contribution < 1.29 is 4.42 Å². The molecule has 2 rings (SSSR count). The van der Waals surface area contributed by atoms with Crippen LogP contribution in [0.2, 0.25) is 5.22 Å². The first-order valence-electron chi connectivity index (χ1n) is 3.72. The summed E-state index contributed by atoms with van der Waals surface area (Å²) in [6.45, 7) is 0. The van der Waals surface area contributed by atoms with Crippen LogP contribution in [0.1, 0.15) is 18.6 Å². The van der Waals surface area contributed by atoms with Crippen molar-refractivity contribution in [2.75, 3.05) is 7.05 Å². The van der Waals surface area contributed by atoms with E-state index in [0.29, 0.717) is 5.22 Å². The maximum absolute atomic E-state index is 5.66. The van der Waals surface area contributed by atoms with Crippen molar-refractivity contribution in [2.24, 2.45) is 0 Å². The Morgan fingerprint density at radius 3 is 2.64 bits per heavy atom. The molecule has 1 aliphatic rings. The van der Waals surface area contributed by atoms with Crippen molar-refractivity contribution in [3.8, 4) is 0 Å². The van der Waals surface area contributed by atoms with Gasteiger partial charge in [0.25, 0.3) is 0 Å². The zero-order valence-corrected chi connectivity index (χ0v) is 7.11. The van der Waals surface area contributed by atoms with Gasteiger partial charge in [-0.05, 0) is 43.6 Å². The van der Waals surface area contributed by atoms with E-state index in [4.69, 9.17) is 16.0 Å². The molecule has 11 heavy (non-hydrogen) atoms. The second-order valence-corrected chi connectivity index (χ2v) is 3.31. The number of halogens is 1. The Kier molecular flexibility index (Phi) is 1.48. The van der Waals surface area contributed by atoms with E-state index in [9.17, 15) is 0 Å². The van der Waals surface area contributed by atoms with Gasteiger partial charge in [-0.2, -0.15) is 0 Å². The lowest BCUT2D eigenvalue weighted by Crippen LogP contribution is -2.23. The van der Waals surface area contributed by atoms with Crippen molar-refractivity contribution in [3.63, 3.8) is 0 Å². The fraction of sp³-hybridized carbons (Fsp3) is 0.500. The van der Waals surface area contributed by atoms with Crippen LogP contribution in [0, 0.1) is 0 Å². The SMILES string of the molecule is CNC1(c2ccc(Cl)o2)CC1. The van der Waals surface area contributed by atoms with Crippen LogP contribution in [0.15, 0.2) is 16.5 Å². The van der Waals surface area contributed by atoms with Crippen LogP contribution in [0.5, 0.6) is 0 Å². The highest BCUT2D eigenvalue weighted by Gasteiger charge is 2.45. The number of nitrogens with one attached hydrogen (secondary N) is 1. The summed E-state index contributed by atoms with van der Waals surface area (Å²) in [4.78, 5) is 0. The van der Waals surface area contributed by atoms with Crippen molar-refractivity contribution in [3.05, 3.63) is 23.1 Å². The predicted octanol–water partition coefficient (Wildman–Crippen LogP) is 2.14. The Labute approximate surface area is 70.5 Å². The summed E-state index contributed by atoms with van der Waals surface area (Å²) in [5.74, 6) is 0.963. The van der Waals surface area contributed by atoms with E-state index in [1.807, 2.05) is 13.1 Å². The number of hydrogen-bond acceptors (Lipinski definition) is 2. The smallest absolute Gasteiger partial charge is 0.193 e. The molecule has 60 valence electrons. The fourth-order valence-electron chi connectivity index (χ4n) is 1.32. The lowest BCUT2D eigenvalue weighted by atomic mass is 10.2. The topological polar surface area (TPSA) is 25.2 Å². The molecule has 1 saturated carbocycles. The van der Waals surface area contributed by atoms with Crippen LogP contribution in [0.4, 0.5) is 0 Å². The van der Waals surface area contributed by atoms with E-state index >= 15 is 0 Å². The van der Waals surface area contributed by atoms with Crippen LogP contribution in [0.3, 0.4) is 0 Å². The van der Waals surface area contributed by atoms with Gasteiger partial charge in [-0.3, -0.25) is 0 Å². The summed E-state index contributed by atoms with van der Waals surface area (Å²) >= 11 is 5.66. The predicted molar refractivity (Wildman–Crippen MR) is 43.7 cm³/mol. The highest BCUT2D eigenvalue weighted by Crippen LogP contribution is 2.45. The molecule has 1 N–H and O–H groups in total. The molecule has 3 heteroatoms. The van der Waals surface area contributed by atoms with Crippen LogP contribution in [-0.2, 0) is 5.54 Å². The molecule has 2 nitrogen and oxygen atoms in total. The van der Waals surface area contributed by atoms with E-state index in [0.717, 1.165) is 18.6 Å². The van der Waals surface area contributed by atoms with Crippen molar-refractivity contribution in [1.29, 1.82) is 0 Å². The Morgan fingerprint density at radius 1 is 1.55 bits per heavy atom. The third-order valence-electron chi connectivity index (χ3n) is 2.27. The summed E-state index contributed by atoms with van der Waals surface area (Å²) in [7, 11) is 1.95. The summed E-state index contributed by atoms with van der Waals surface area (Å²) in [5.41, 5.74) is 0.104. The van der Waals surface area contributed by atoms with Crippen LogP contribution < -0.4 is 5.32 Å². The highest BCUT2D eigenvalue weighted by atomic mass is 35.5. The summed E-state index contributed by atoms with van der Waals surface area (Å²) in [6, 6.07) is 3.72. The second kappa shape index (κ2) is 2.26. The van der Waals surface area contributed by atoms with E-state index in [-0.39, 0.29) is 5.54 Å². The summed E-state index contributed by atoms with van der Waals surface area (Å²) in [5, 5.41) is 3.70. The molecular formula is C8H10ClNO. The zero-order valence-electron chi connectivity index (χ0n) is 6.36. The van der Waals surface area contributed by atoms with Crippen LogP contribution >= 0.6 is 11.6 Å². The van der Waals surface area contributed by atoms with Crippen molar-refractivity contribution >= 4 is 11.6 Å². The lowest BCUT2D eigenvalue weighted by Gasteiger charge is -2.08. The highest BCUT2D eigenvalue weighted by molar-refractivity contribution is 6.28. The van der Waals surface area contributed by atoms with E-state index in [2.05, 4.69) is 5.32 Å². The number of furan rings is 1. The first-order valence-corrected chi connectivity index (χ1v) is 4.09. The molecule has 0 atom stereocenters. The number of rotatable bonds is 2. The van der Waals surface area contributed by atoms with Gasteiger partial charge in [-0.25, -0.2) is 0 Å². The van der Waals surface area contributed by atoms with E-state index in [1.165, 1.54) is 0 Å². The molecule has 0 saturated heterocycles. The van der Waals surface area contributed by atoms with Crippen LogP contribution in [-0.4, -0.2) is 7.05 Å². The second-order valence-electron chi connectivity index (χ2n) is 2.94. The molecule has 0 bridgehead atoms. The van der Waals surface area contributed by atoms with Gasteiger partial charge in [0, 0.05) is 0 Å². The average Bonchev–Trinajstić information content (AvgIpc) is 2.70. The summed E-state index contributed by atoms with van der Waals surface area (Å²) in [6.07, 6.45) is 2.29. The Morgan fingerprint density at radius 2 is 2.27 bits per heavy atom. The van der Waals surface area contributed by atoms with Gasteiger partial charge in [-0.15, -0.1) is 0 Å². The first-order chi connectivity index (χ1) is 5.27. The third-order valence-corrected chi connectivity index (χ3v) is 2.48. The first kappa shape index (κ1) is 7.19. The van der Waals surface area contributed by atoms with Crippen molar-refractivity contribution in [1.82, 2.24) is 5.32 Å². The van der Waals surface area contributed by atoms with Crippen LogP contribution in [0.25, 0.3) is 0 Å². The Bertz CT molecular complexity index is 265. The standard InChI is InChI=1S/C8H10ClNO/c1-10-8(4-5-8)6-2-3-7(9)11-6/h2-3,10H,4-5H2,1H3. The molecule has 1 fully saturated rings. The molecule has 1 heterocycles. The van der Waals surface area contributed by atoms with Gasteiger partial charge in [0.05, 0.1) is 5.54 Å². The van der Waals surface area contributed by atoms with Gasteiger partial charge < -0.3 is 9.73 Å². The fourth-order valence-corrected chi connectivity index (χ4v) is 1.46. The molecule has 0 amide bonds. The average molecular weight is 172 g/mol. The molecule has 1 aliphatic carbocycles. The molecule has 1 aromatic rings. The molecule has 0 aromatic carbocycles. The maximum Gasteiger partial charge on any atom is 0.193 e. The van der Waals surface area contributed by atoms with E-state index < -0.39 is 0 Å². The molecule has 0 aliphatic heterocycles. The largest absolute Gasteiger partial charge is 0.448 e. The van der Waals surface area contributed by atoms with Gasteiger partial charge in [0.15, 0.2) is 5.22 Å². The van der Waals surface area contributed by atoms with Gasteiger partial charge in [0.1, 0.15) is 5.76 Å². The third kappa shape index (κ3) is 1.06. The monoisotopic (exact) mass is 171 g/mol. The van der Waals surface area contributed by atoms with Gasteiger partial charge >= 0.3 is 0 Å². The van der Waals surface area contributed by atoms with Crippen molar-refractivity contribution in [2.45, 2.75) is 18.4 Å². The lowest BCUT2D eigenvalue weighted by molar-refractivity contribution is 0.419. The molecule has 0 unspecified atom stereocenters. The molecule has 0 radical (unpaired) electrons. The molecular weight excluding hydrogens is 162 g/mol. The Balaban J connectivity index is 2.29. The minimum absolute atomic E-state index is 0.104. The maximum atomic E-state index is 5.66. The Hall–Kier alpha value is -0.470. The quantitative estimate of drug-likeness (QED) is 0.738. The molecule has 0 spiro atoms. The van der Waals surface area contributed by atoms with E-state index in [1.54, 1.807) is 6.07 Å².